The highest BCUT2D eigenvalue weighted by Gasteiger charge is 2.05. The maximum Gasteiger partial charge on any atom is 0.262 e. The Labute approximate surface area is 110 Å². The van der Waals surface area contributed by atoms with E-state index in [-0.39, 0.29) is 17.3 Å². The number of amides is 1. The van der Waals surface area contributed by atoms with E-state index in [1.165, 1.54) is 6.08 Å². The highest BCUT2D eigenvalue weighted by molar-refractivity contribution is 5.95. The molecule has 0 atom stereocenters. The number of nitrogens with two attached hydrogens (primary N) is 1. The molecule has 0 aliphatic rings. The zero-order chi connectivity index (χ0) is 14.4. The minimum absolute atomic E-state index is 0.227. The smallest absolute Gasteiger partial charge is 0.262 e. The van der Waals surface area contributed by atoms with Crippen LogP contribution in [0.4, 0.5) is 5.69 Å². The third kappa shape index (κ3) is 4.47. The molecular formula is C13H13N3O3. The van der Waals surface area contributed by atoms with Crippen molar-refractivity contribution in [3.63, 3.8) is 0 Å². The van der Waals surface area contributed by atoms with Crippen molar-refractivity contribution in [1.29, 1.82) is 0 Å². The Morgan fingerprint density at radius 1 is 1.26 bits per heavy atom. The molecule has 0 bridgehead atoms. The van der Waals surface area contributed by atoms with Crippen molar-refractivity contribution in [2.75, 3.05) is 5.73 Å². The van der Waals surface area contributed by atoms with Crippen LogP contribution in [0.3, 0.4) is 0 Å². The van der Waals surface area contributed by atoms with Crippen molar-refractivity contribution >= 4 is 11.6 Å². The molecule has 0 aromatic heterocycles. The number of hydrogen-bond acceptors (Lipinski definition) is 4. The number of anilines is 1. The van der Waals surface area contributed by atoms with E-state index in [1.54, 1.807) is 24.3 Å². The predicted octanol–water partition coefficient (Wildman–Crippen LogP) is 1.86. The van der Waals surface area contributed by atoms with Gasteiger partial charge in [-0.25, -0.2) is 0 Å². The van der Waals surface area contributed by atoms with Crippen molar-refractivity contribution < 1.29 is 9.72 Å². The van der Waals surface area contributed by atoms with Crippen molar-refractivity contribution in [3.05, 3.63) is 76.6 Å². The summed E-state index contributed by atoms with van der Waals surface area (Å²) in [6.45, 7) is 6.78. The quantitative estimate of drug-likeness (QED) is 0.365. The lowest BCUT2D eigenvalue weighted by molar-refractivity contribution is -0.418. The first-order chi connectivity index (χ1) is 8.90. The van der Waals surface area contributed by atoms with E-state index >= 15 is 0 Å². The minimum atomic E-state index is -0.633. The second-order valence-electron chi connectivity index (χ2n) is 3.68. The molecule has 19 heavy (non-hydrogen) atoms. The summed E-state index contributed by atoms with van der Waals surface area (Å²) in [4.78, 5) is 21.4. The highest BCUT2D eigenvalue weighted by atomic mass is 16.6. The fraction of sp³-hybridized carbons (Fsp3) is 0. The third-order valence-corrected chi connectivity index (χ3v) is 2.16. The van der Waals surface area contributed by atoms with Crippen LogP contribution in [0, 0.1) is 10.1 Å². The Kier molecular flexibility index (Phi) is 4.59. The first-order valence-corrected chi connectivity index (χ1v) is 5.27. The number of rotatable bonds is 5. The zero-order valence-corrected chi connectivity index (χ0v) is 10.1. The Balaban J connectivity index is 2.62. The van der Waals surface area contributed by atoms with Crippen molar-refractivity contribution in [1.82, 2.24) is 5.32 Å². The van der Waals surface area contributed by atoms with Crippen LogP contribution in [0.5, 0.6) is 0 Å². The third-order valence-electron chi connectivity index (χ3n) is 2.16. The number of carbonyl (C=O) groups is 1. The van der Waals surface area contributed by atoms with Crippen LogP contribution in [0.25, 0.3) is 0 Å². The monoisotopic (exact) mass is 259 g/mol. The number of nitro groups is 1. The number of nitrogens with zero attached hydrogens (tertiary/aromatic N) is 1. The molecule has 98 valence electrons. The Hall–Kier alpha value is -2.89. The van der Waals surface area contributed by atoms with Gasteiger partial charge in [0.05, 0.1) is 4.92 Å². The molecule has 0 saturated carbocycles. The zero-order valence-electron chi connectivity index (χ0n) is 10.1. The van der Waals surface area contributed by atoms with Gasteiger partial charge in [-0.3, -0.25) is 14.9 Å². The molecule has 0 spiro atoms. The van der Waals surface area contributed by atoms with Crippen molar-refractivity contribution in [3.8, 4) is 0 Å². The van der Waals surface area contributed by atoms with Crippen LogP contribution in [-0.4, -0.2) is 10.8 Å². The number of nitrogen functional groups attached to an aromatic ring is 1. The second-order valence-corrected chi connectivity index (χ2v) is 3.68. The van der Waals surface area contributed by atoms with Gasteiger partial charge in [-0.2, -0.15) is 0 Å². The Bertz CT molecular complexity index is 559. The largest absolute Gasteiger partial charge is 0.399 e. The summed E-state index contributed by atoms with van der Waals surface area (Å²) in [5.41, 5.74) is 6.41. The average Bonchev–Trinajstić information content (AvgIpc) is 2.36. The van der Waals surface area contributed by atoms with Crippen LogP contribution < -0.4 is 11.1 Å². The first-order valence-electron chi connectivity index (χ1n) is 5.27. The van der Waals surface area contributed by atoms with Gasteiger partial charge in [-0.05, 0) is 36.9 Å². The Morgan fingerprint density at radius 3 is 2.37 bits per heavy atom. The molecule has 0 saturated heterocycles. The van der Waals surface area contributed by atoms with Crippen LogP contribution in [0.15, 0.2) is 61.0 Å². The minimum Gasteiger partial charge on any atom is -0.399 e. The number of nitrogens with one attached hydrogen (secondary N) is 1. The maximum atomic E-state index is 11.7. The number of carbonyl (C=O) groups excluding carboxylic acids is 1. The molecule has 0 unspecified atom stereocenters. The maximum absolute atomic E-state index is 11.7. The second kappa shape index (κ2) is 6.15. The van der Waals surface area contributed by atoms with E-state index in [4.69, 9.17) is 5.73 Å². The van der Waals surface area contributed by atoms with Gasteiger partial charge >= 0.3 is 0 Å². The molecule has 1 aromatic rings. The van der Waals surface area contributed by atoms with Gasteiger partial charge < -0.3 is 11.1 Å². The van der Waals surface area contributed by atoms with Gasteiger partial charge in [0.25, 0.3) is 11.6 Å². The SMILES string of the molecule is C=C(/C=C\C(=C)[N+](=O)[O-])NC(=O)c1ccc(N)cc1. The topological polar surface area (TPSA) is 98.3 Å². The molecule has 6 heteroatoms. The molecule has 0 aliphatic heterocycles. The molecule has 6 nitrogen and oxygen atoms in total. The predicted molar refractivity (Wildman–Crippen MR) is 72.7 cm³/mol. The lowest BCUT2D eigenvalue weighted by Crippen LogP contribution is -2.21. The summed E-state index contributed by atoms with van der Waals surface area (Å²) in [6, 6.07) is 6.33. The average molecular weight is 259 g/mol. The number of benzene rings is 1. The van der Waals surface area contributed by atoms with E-state index in [0.29, 0.717) is 11.3 Å². The molecule has 0 aliphatic carbocycles. The molecule has 1 aromatic carbocycles. The molecule has 0 heterocycles. The van der Waals surface area contributed by atoms with E-state index in [2.05, 4.69) is 18.5 Å². The first kappa shape index (κ1) is 14.2. The van der Waals surface area contributed by atoms with Gasteiger partial charge in [-0.15, -0.1) is 0 Å². The van der Waals surface area contributed by atoms with Gasteiger partial charge in [0.1, 0.15) is 0 Å². The van der Waals surface area contributed by atoms with Gasteiger partial charge in [0.15, 0.2) is 0 Å². The van der Waals surface area contributed by atoms with Gasteiger partial charge in [0, 0.05) is 23.0 Å². The number of allylic oxidation sites excluding steroid dienone is 2. The summed E-state index contributed by atoms with van der Waals surface area (Å²) in [6.07, 6.45) is 2.46. The Morgan fingerprint density at radius 2 is 1.84 bits per heavy atom. The van der Waals surface area contributed by atoms with Crippen molar-refractivity contribution in [2.24, 2.45) is 0 Å². The summed E-state index contributed by atoms with van der Waals surface area (Å²) >= 11 is 0. The summed E-state index contributed by atoms with van der Waals surface area (Å²) in [5, 5.41) is 12.8. The molecule has 1 rings (SSSR count). The fourth-order valence-electron chi connectivity index (χ4n) is 1.15. The lowest BCUT2D eigenvalue weighted by atomic mass is 10.2. The molecule has 3 N–H and O–H groups in total. The van der Waals surface area contributed by atoms with Crippen LogP contribution in [0.1, 0.15) is 10.4 Å². The lowest BCUT2D eigenvalue weighted by Gasteiger charge is -2.04. The van der Waals surface area contributed by atoms with Crippen molar-refractivity contribution in [2.45, 2.75) is 0 Å². The molecular weight excluding hydrogens is 246 g/mol. The van der Waals surface area contributed by atoms with Crippen LogP contribution in [-0.2, 0) is 0 Å². The van der Waals surface area contributed by atoms with E-state index in [0.717, 1.165) is 6.08 Å². The van der Waals surface area contributed by atoms with E-state index < -0.39 is 4.92 Å². The van der Waals surface area contributed by atoms with E-state index in [9.17, 15) is 14.9 Å². The highest BCUT2D eigenvalue weighted by Crippen LogP contribution is 2.06. The molecule has 0 radical (unpaired) electrons. The molecule has 0 fully saturated rings. The molecule has 1 amide bonds. The van der Waals surface area contributed by atoms with E-state index in [1.807, 2.05) is 0 Å². The van der Waals surface area contributed by atoms with Crippen LogP contribution >= 0.6 is 0 Å². The summed E-state index contributed by atoms with van der Waals surface area (Å²) < 4.78 is 0. The fourth-order valence-corrected chi connectivity index (χ4v) is 1.15. The number of hydrogen-bond donors (Lipinski definition) is 2. The van der Waals surface area contributed by atoms with Gasteiger partial charge in [0.2, 0.25) is 0 Å². The summed E-state index contributed by atoms with van der Waals surface area (Å²) in [7, 11) is 0. The van der Waals surface area contributed by atoms with Gasteiger partial charge in [-0.1, -0.05) is 6.58 Å². The van der Waals surface area contributed by atoms with Crippen LogP contribution in [0.2, 0.25) is 0 Å². The standard InChI is InChI=1S/C13H13N3O3/c1-9(3-4-10(2)16(18)19)15-13(17)11-5-7-12(14)8-6-11/h3-8H,1-2,14H2,(H,15,17)/b4-3-. The normalized spacial score (nSPS) is 10.1. The summed E-state index contributed by atoms with van der Waals surface area (Å²) in [5.74, 6) is -0.374.